The Hall–Kier alpha value is -0.810. The van der Waals surface area contributed by atoms with Crippen molar-refractivity contribution in [3.05, 3.63) is 0 Å². The molecular weight excluding hydrogens is 254 g/mol. The van der Waals surface area contributed by atoms with Gasteiger partial charge in [0.05, 0.1) is 0 Å². The normalized spacial score (nSPS) is 24.4. The maximum Gasteiger partial charge on any atom is 0.410 e. The van der Waals surface area contributed by atoms with E-state index in [1.807, 2.05) is 25.7 Å². The number of rotatable bonds is 2. The first-order chi connectivity index (χ1) is 9.26. The van der Waals surface area contributed by atoms with E-state index in [2.05, 4.69) is 11.8 Å². The number of amides is 1. The van der Waals surface area contributed by atoms with Crippen LogP contribution in [0.2, 0.25) is 0 Å². The van der Waals surface area contributed by atoms with Crippen LogP contribution >= 0.6 is 0 Å². The second kappa shape index (κ2) is 5.90. The molecule has 0 aliphatic carbocycles. The third-order valence-corrected chi connectivity index (χ3v) is 4.31. The van der Waals surface area contributed by atoms with Crippen LogP contribution in [0, 0.1) is 5.92 Å². The zero-order valence-corrected chi connectivity index (χ0v) is 13.3. The van der Waals surface area contributed by atoms with E-state index in [1.54, 1.807) is 0 Å². The van der Waals surface area contributed by atoms with Crippen molar-refractivity contribution in [1.82, 2.24) is 9.80 Å². The quantitative estimate of drug-likeness (QED) is 0.837. The minimum Gasteiger partial charge on any atom is -0.444 e. The molecule has 0 bridgehead atoms. The number of likely N-dealkylation sites (tertiary alicyclic amines) is 2. The molecule has 0 unspecified atom stereocenters. The summed E-state index contributed by atoms with van der Waals surface area (Å²) in [6.45, 7) is 11.7. The van der Waals surface area contributed by atoms with E-state index in [9.17, 15) is 4.79 Å². The maximum atomic E-state index is 12.0. The Balaban J connectivity index is 1.72. The van der Waals surface area contributed by atoms with Gasteiger partial charge in [-0.3, -0.25) is 4.90 Å². The van der Waals surface area contributed by atoms with Gasteiger partial charge in [-0.05, 0) is 46.5 Å². The molecule has 0 radical (unpaired) electrons. The van der Waals surface area contributed by atoms with Gasteiger partial charge in [-0.2, -0.15) is 0 Å². The molecule has 0 aromatic rings. The maximum absolute atomic E-state index is 12.0. The number of piperidine rings is 1. The number of nitrogens with two attached hydrogens (primary N) is 1. The van der Waals surface area contributed by atoms with E-state index < -0.39 is 5.60 Å². The molecule has 2 saturated heterocycles. The number of nitrogens with zero attached hydrogens (tertiary/aromatic N) is 2. The Bertz CT molecular complexity index is 338. The average molecular weight is 283 g/mol. The lowest BCUT2D eigenvalue weighted by Gasteiger charge is -2.48. The van der Waals surface area contributed by atoms with Crippen molar-refractivity contribution < 1.29 is 9.53 Å². The topological polar surface area (TPSA) is 58.8 Å². The third kappa shape index (κ3) is 3.85. The van der Waals surface area contributed by atoms with Crippen molar-refractivity contribution in [3.8, 4) is 0 Å². The van der Waals surface area contributed by atoms with E-state index in [1.165, 1.54) is 0 Å². The molecular formula is C15H29N3O2. The molecule has 0 saturated carbocycles. The molecule has 2 N–H and O–H groups in total. The van der Waals surface area contributed by atoms with Gasteiger partial charge >= 0.3 is 6.09 Å². The van der Waals surface area contributed by atoms with Crippen molar-refractivity contribution in [2.24, 2.45) is 11.7 Å². The second-order valence-electron chi connectivity index (χ2n) is 7.27. The summed E-state index contributed by atoms with van der Waals surface area (Å²) in [7, 11) is 0. The molecule has 20 heavy (non-hydrogen) atoms. The largest absolute Gasteiger partial charge is 0.444 e. The third-order valence-electron chi connectivity index (χ3n) is 4.31. The van der Waals surface area contributed by atoms with Gasteiger partial charge in [-0.1, -0.05) is 0 Å². The summed E-state index contributed by atoms with van der Waals surface area (Å²) >= 11 is 0. The van der Waals surface area contributed by atoms with Crippen LogP contribution in [0.15, 0.2) is 0 Å². The molecule has 0 aromatic heterocycles. The van der Waals surface area contributed by atoms with Crippen molar-refractivity contribution in [3.63, 3.8) is 0 Å². The molecule has 2 heterocycles. The Morgan fingerprint density at radius 3 is 2.25 bits per heavy atom. The van der Waals surface area contributed by atoms with Gasteiger partial charge in [0.2, 0.25) is 0 Å². The summed E-state index contributed by atoms with van der Waals surface area (Å²) in [6.07, 6.45) is 1.92. The molecule has 0 spiro atoms. The molecule has 1 atom stereocenters. The first kappa shape index (κ1) is 15.6. The first-order valence-corrected chi connectivity index (χ1v) is 7.74. The smallest absolute Gasteiger partial charge is 0.410 e. The molecule has 2 rings (SSSR count). The van der Waals surface area contributed by atoms with Crippen LogP contribution in [0.4, 0.5) is 4.79 Å². The molecule has 5 heteroatoms. The fourth-order valence-corrected chi connectivity index (χ4v) is 2.92. The predicted octanol–water partition coefficient (Wildman–Crippen LogP) is 1.66. The minimum absolute atomic E-state index is 0.173. The van der Waals surface area contributed by atoms with Gasteiger partial charge in [0.1, 0.15) is 5.60 Å². The van der Waals surface area contributed by atoms with Crippen molar-refractivity contribution in [1.29, 1.82) is 0 Å². The lowest BCUT2D eigenvalue weighted by Crippen LogP contribution is -2.59. The number of hydrogen-bond donors (Lipinski definition) is 1. The lowest BCUT2D eigenvalue weighted by molar-refractivity contribution is -0.00588. The van der Waals surface area contributed by atoms with E-state index >= 15 is 0 Å². The summed E-state index contributed by atoms with van der Waals surface area (Å²) in [5.74, 6) is 0.652. The fourth-order valence-electron chi connectivity index (χ4n) is 2.92. The standard InChI is InChI=1S/C15H29N3O2/c1-11(16)12-9-18(10-12)13-5-7-17(8-6-13)14(19)20-15(2,3)4/h11-13H,5-10,16H2,1-4H3/t11-/m0/s1. The minimum atomic E-state index is -0.407. The molecule has 1 amide bonds. The lowest BCUT2D eigenvalue weighted by atomic mass is 9.89. The molecule has 116 valence electrons. The molecule has 2 aliphatic heterocycles. The second-order valence-corrected chi connectivity index (χ2v) is 7.27. The number of carbonyl (C=O) groups is 1. The van der Waals surface area contributed by atoms with Crippen LogP contribution in [-0.2, 0) is 4.74 Å². The zero-order valence-electron chi connectivity index (χ0n) is 13.3. The Labute approximate surface area is 122 Å². The van der Waals surface area contributed by atoms with Crippen molar-refractivity contribution >= 4 is 6.09 Å². The van der Waals surface area contributed by atoms with E-state index in [4.69, 9.17) is 10.5 Å². The SMILES string of the molecule is C[C@H](N)C1CN(C2CCN(C(=O)OC(C)(C)C)CC2)C1. The number of hydrogen-bond acceptors (Lipinski definition) is 4. The molecule has 2 fully saturated rings. The van der Waals surface area contributed by atoms with Crippen LogP contribution in [0.3, 0.4) is 0 Å². The monoisotopic (exact) mass is 283 g/mol. The van der Waals surface area contributed by atoms with Gasteiger partial charge in [0.25, 0.3) is 0 Å². The number of ether oxygens (including phenoxy) is 1. The Morgan fingerprint density at radius 1 is 1.25 bits per heavy atom. The van der Waals surface area contributed by atoms with Crippen LogP contribution in [-0.4, -0.2) is 59.8 Å². The first-order valence-electron chi connectivity index (χ1n) is 7.74. The summed E-state index contributed by atoms with van der Waals surface area (Å²) < 4.78 is 5.42. The number of carbonyl (C=O) groups excluding carboxylic acids is 1. The van der Waals surface area contributed by atoms with Gasteiger partial charge in [-0.25, -0.2) is 4.79 Å². The summed E-state index contributed by atoms with van der Waals surface area (Å²) in [6, 6.07) is 0.914. The van der Waals surface area contributed by atoms with Gasteiger partial charge in [0.15, 0.2) is 0 Å². The van der Waals surface area contributed by atoms with Gasteiger partial charge in [0, 0.05) is 38.3 Å². The van der Waals surface area contributed by atoms with Crippen molar-refractivity contribution in [2.75, 3.05) is 26.2 Å². The highest BCUT2D eigenvalue weighted by Gasteiger charge is 2.36. The Kier molecular flexibility index (Phi) is 4.59. The molecule has 0 aromatic carbocycles. The fraction of sp³-hybridized carbons (Fsp3) is 0.933. The predicted molar refractivity (Wildman–Crippen MR) is 79.5 cm³/mol. The highest BCUT2D eigenvalue weighted by Crippen LogP contribution is 2.26. The molecule has 2 aliphatic rings. The van der Waals surface area contributed by atoms with Crippen LogP contribution < -0.4 is 5.73 Å². The van der Waals surface area contributed by atoms with Crippen LogP contribution in [0.25, 0.3) is 0 Å². The summed E-state index contributed by atoms with van der Waals surface area (Å²) in [4.78, 5) is 16.3. The van der Waals surface area contributed by atoms with E-state index in [0.717, 1.165) is 39.0 Å². The highest BCUT2D eigenvalue weighted by molar-refractivity contribution is 5.68. The van der Waals surface area contributed by atoms with Gasteiger partial charge in [-0.15, -0.1) is 0 Å². The average Bonchev–Trinajstić information content (AvgIpc) is 2.24. The molecule has 5 nitrogen and oxygen atoms in total. The van der Waals surface area contributed by atoms with E-state index in [-0.39, 0.29) is 6.09 Å². The van der Waals surface area contributed by atoms with Crippen molar-refractivity contribution in [2.45, 2.75) is 58.2 Å². The van der Waals surface area contributed by atoms with Crippen LogP contribution in [0.5, 0.6) is 0 Å². The van der Waals surface area contributed by atoms with E-state index in [0.29, 0.717) is 18.0 Å². The summed E-state index contributed by atoms with van der Waals surface area (Å²) in [5.41, 5.74) is 5.51. The summed E-state index contributed by atoms with van der Waals surface area (Å²) in [5, 5.41) is 0. The van der Waals surface area contributed by atoms with Crippen LogP contribution in [0.1, 0.15) is 40.5 Å². The highest BCUT2D eigenvalue weighted by atomic mass is 16.6. The zero-order chi connectivity index (χ0) is 14.9. The Morgan fingerprint density at radius 2 is 1.80 bits per heavy atom. The van der Waals surface area contributed by atoms with Gasteiger partial charge < -0.3 is 15.4 Å².